The Kier molecular flexibility index (Phi) is 3.01. The topological polar surface area (TPSA) is 62.3 Å². The van der Waals surface area contributed by atoms with Crippen LogP contribution in [0.25, 0.3) is 11.1 Å². The zero-order valence-electron chi connectivity index (χ0n) is 11.6. The summed E-state index contributed by atoms with van der Waals surface area (Å²) >= 11 is 6.54. The monoisotopic (exact) mass is 293 g/mol. The van der Waals surface area contributed by atoms with Crippen LogP contribution in [-0.4, -0.2) is 23.0 Å². The van der Waals surface area contributed by atoms with E-state index in [0.717, 1.165) is 28.9 Å². The third-order valence-corrected chi connectivity index (χ3v) is 4.01. The molecule has 5 nitrogen and oxygen atoms in total. The van der Waals surface area contributed by atoms with Crippen molar-refractivity contribution in [2.45, 2.75) is 19.4 Å². The van der Waals surface area contributed by atoms with Gasteiger partial charge in [0.25, 0.3) is 0 Å². The summed E-state index contributed by atoms with van der Waals surface area (Å²) in [4.78, 5) is 0. The van der Waals surface area contributed by atoms with Gasteiger partial charge in [-0.25, -0.2) is 0 Å². The minimum atomic E-state index is 0.0953. The summed E-state index contributed by atoms with van der Waals surface area (Å²) in [5.41, 5.74) is 8.63. The SMILES string of the molecule is COc1cc(-c2cnn(C)c2N)c(Cl)c2c1OC(C)C2. The maximum absolute atomic E-state index is 6.54. The van der Waals surface area contributed by atoms with Crippen LogP contribution in [-0.2, 0) is 13.5 Å². The number of nitrogens with two attached hydrogens (primary N) is 1. The number of rotatable bonds is 2. The van der Waals surface area contributed by atoms with Gasteiger partial charge in [0.1, 0.15) is 11.9 Å². The number of fused-ring (bicyclic) bond motifs is 1. The van der Waals surface area contributed by atoms with Gasteiger partial charge >= 0.3 is 0 Å². The highest BCUT2D eigenvalue weighted by Crippen LogP contribution is 2.47. The fraction of sp³-hybridized carbons (Fsp3) is 0.357. The normalized spacial score (nSPS) is 16.9. The van der Waals surface area contributed by atoms with Gasteiger partial charge < -0.3 is 15.2 Å². The number of aromatic nitrogens is 2. The van der Waals surface area contributed by atoms with Crippen LogP contribution in [0.2, 0.25) is 5.02 Å². The van der Waals surface area contributed by atoms with Crippen molar-refractivity contribution in [1.82, 2.24) is 9.78 Å². The molecule has 0 bridgehead atoms. The molecule has 1 aromatic heterocycles. The van der Waals surface area contributed by atoms with Crippen molar-refractivity contribution in [3.8, 4) is 22.6 Å². The molecule has 1 aliphatic heterocycles. The van der Waals surface area contributed by atoms with E-state index < -0.39 is 0 Å². The fourth-order valence-electron chi connectivity index (χ4n) is 2.51. The molecule has 0 saturated heterocycles. The smallest absolute Gasteiger partial charge is 0.166 e. The first kappa shape index (κ1) is 13.1. The lowest BCUT2D eigenvalue weighted by atomic mass is 10.0. The lowest BCUT2D eigenvalue weighted by Crippen LogP contribution is -2.05. The average Bonchev–Trinajstić information content (AvgIpc) is 2.96. The molecule has 1 aromatic carbocycles. The summed E-state index contributed by atoms with van der Waals surface area (Å²) in [5.74, 6) is 1.98. The van der Waals surface area contributed by atoms with Crippen molar-refractivity contribution in [2.75, 3.05) is 12.8 Å². The van der Waals surface area contributed by atoms with Gasteiger partial charge in [-0.15, -0.1) is 0 Å². The second kappa shape index (κ2) is 4.59. The minimum absolute atomic E-state index is 0.0953. The molecule has 1 atom stereocenters. The Morgan fingerprint density at radius 1 is 1.50 bits per heavy atom. The molecule has 2 aromatic rings. The van der Waals surface area contributed by atoms with Crippen LogP contribution in [0, 0.1) is 0 Å². The van der Waals surface area contributed by atoms with E-state index in [1.165, 1.54) is 0 Å². The number of anilines is 1. The van der Waals surface area contributed by atoms with Gasteiger partial charge in [0.05, 0.1) is 18.3 Å². The van der Waals surface area contributed by atoms with Crippen molar-refractivity contribution >= 4 is 17.4 Å². The maximum Gasteiger partial charge on any atom is 0.166 e. The predicted molar refractivity (Wildman–Crippen MR) is 78.4 cm³/mol. The molecule has 2 N–H and O–H groups in total. The van der Waals surface area contributed by atoms with Crippen LogP contribution >= 0.6 is 11.6 Å². The van der Waals surface area contributed by atoms with E-state index in [4.69, 9.17) is 26.8 Å². The van der Waals surface area contributed by atoms with Crippen molar-refractivity contribution in [2.24, 2.45) is 7.05 Å². The van der Waals surface area contributed by atoms with Gasteiger partial charge in [-0.05, 0) is 13.0 Å². The van der Waals surface area contributed by atoms with Gasteiger partial charge in [-0.3, -0.25) is 4.68 Å². The van der Waals surface area contributed by atoms with Crippen molar-refractivity contribution in [3.05, 3.63) is 22.8 Å². The van der Waals surface area contributed by atoms with E-state index in [9.17, 15) is 0 Å². The Balaban J connectivity index is 2.23. The molecule has 1 unspecified atom stereocenters. The zero-order chi connectivity index (χ0) is 14.4. The van der Waals surface area contributed by atoms with E-state index in [1.807, 2.05) is 13.0 Å². The number of methoxy groups -OCH3 is 1. The lowest BCUT2D eigenvalue weighted by Gasteiger charge is -2.12. The fourth-order valence-corrected chi connectivity index (χ4v) is 2.83. The van der Waals surface area contributed by atoms with E-state index in [-0.39, 0.29) is 6.10 Å². The second-order valence-corrected chi connectivity index (χ2v) is 5.33. The van der Waals surface area contributed by atoms with Crippen molar-refractivity contribution in [3.63, 3.8) is 0 Å². The number of nitrogen functional groups attached to an aromatic ring is 1. The number of aryl methyl sites for hydroxylation is 1. The van der Waals surface area contributed by atoms with Gasteiger partial charge in [0.15, 0.2) is 11.5 Å². The lowest BCUT2D eigenvalue weighted by molar-refractivity contribution is 0.243. The van der Waals surface area contributed by atoms with Crippen LogP contribution < -0.4 is 15.2 Å². The molecule has 0 spiro atoms. The minimum Gasteiger partial charge on any atom is -0.493 e. The molecular weight excluding hydrogens is 278 g/mol. The summed E-state index contributed by atoms with van der Waals surface area (Å²) in [6.07, 6.45) is 2.57. The Labute approximate surface area is 122 Å². The Bertz CT molecular complexity index is 682. The molecule has 0 radical (unpaired) electrons. The Hall–Kier alpha value is -1.88. The molecule has 6 heteroatoms. The third-order valence-electron chi connectivity index (χ3n) is 3.58. The van der Waals surface area contributed by atoms with E-state index >= 15 is 0 Å². The standard InChI is InChI=1S/C14H16ClN3O2/c1-7-4-9-12(15)8(5-11(19-3)13(9)20-7)10-6-17-18(2)14(10)16/h5-7H,4,16H2,1-3H3. The first-order valence-corrected chi connectivity index (χ1v) is 6.74. The molecule has 3 rings (SSSR count). The average molecular weight is 294 g/mol. The van der Waals surface area contributed by atoms with E-state index in [1.54, 1.807) is 25.0 Å². The highest BCUT2D eigenvalue weighted by Gasteiger charge is 2.28. The van der Waals surface area contributed by atoms with Gasteiger partial charge in [-0.1, -0.05) is 11.6 Å². The van der Waals surface area contributed by atoms with Crippen LogP contribution in [0.5, 0.6) is 11.5 Å². The molecule has 0 aliphatic carbocycles. The third kappa shape index (κ3) is 1.81. The zero-order valence-corrected chi connectivity index (χ0v) is 12.4. The van der Waals surface area contributed by atoms with Gasteiger partial charge in [0, 0.05) is 30.2 Å². The van der Waals surface area contributed by atoms with Crippen LogP contribution in [0.1, 0.15) is 12.5 Å². The van der Waals surface area contributed by atoms with Gasteiger partial charge in [0.2, 0.25) is 0 Å². The van der Waals surface area contributed by atoms with Crippen LogP contribution in [0.4, 0.5) is 5.82 Å². The summed E-state index contributed by atoms with van der Waals surface area (Å²) in [7, 11) is 3.41. The van der Waals surface area contributed by atoms with E-state index in [0.29, 0.717) is 16.6 Å². The number of benzene rings is 1. The predicted octanol–water partition coefficient (Wildman–Crippen LogP) is 2.65. The molecule has 1 aliphatic rings. The number of nitrogens with zero attached hydrogens (tertiary/aromatic N) is 2. The molecule has 0 fully saturated rings. The molecule has 0 saturated carbocycles. The highest BCUT2D eigenvalue weighted by atomic mass is 35.5. The van der Waals surface area contributed by atoms with E-state index in [2.05, 4.69) is 5.10 Å². The molecule has 0 amide bonds. The van der Waals surface area contributed by atoms with Gasteiger partial charge in [-0.2, -0.15) is 5.10 Å². The summed E-state index contributed by atoms with van der Waals surface area (Å²) in [5, 5.41) is 4.82. The van der Waals surface area contributed by atoms with Crippen molar-refractivity contribution in [1.29, 1.82) is 0 Å². The largest absolute Gasteiger partial charge is 0.493 e. The summed E-state index contributed by atoms with van der Waals surface area (Å²) in [6.45, 7) is 2.01. The number of halogens is 1. The molecule has 106 valence electrons. The molecular formula is C14H16ClN3O2. The second-order valence-electron chi connectivity index (χ2n) is 4.95. The number of ether oxygens (including phenoxy) is 2. The molecule has 2 heterocycles. The van der Waals surface area contributed by atoms with Crippen LogP contribution in [0.15, 0.2) is 12.3 Å². The highest BCUT2D eigenvalue weighted by molar-refractivity contribution is 6.34. The maximum atomic E-state index is 6.54. The Morgan fingerprint density at radius 2 is 2.25 bits per heavy atom. The first-order valence-electron chi connectivity index (χ1n) is 6.36. The summed E-state index contributed by atoms with van der Waals surface area (Å²) < 4.78 is 12.8. The number of hydrogen-bond donors (Lipinski definition) is 1. The quantitative estimate of drug-likeness (QED) is 0.924. The number of hydrogen-bond acceptors (Lipinski definition) is 4. The van der Waals surface area contributed by atoms with Crippen LogP contribution in [0.3, 0.4) is 0 Å². The molecule has 20 heavy (non-hydrogen) atoms. The Morgan fingerprint density at radius 3 is 2.85 bits per heavy atom. The van der Waals surface area contributed by atoms with Crippen molar-refractivity contribution < 1.29 is 9.47 Å². The first-order chi connectivity index (χ1) is 9.52. The summed E-state index contributed by atoms with van der Waals surface area (Å²) in [6, 6.07) is 1.85.